The van der Waals surface area contributed by atoms with Gasteiger partial charge in [0.25, 0.3) is 0 Å². The van der Waals surface area contributed by atoms with Crippen molar-refractivity contribution in [2.45, 2.75) is 73.6 Å². The summed E-state index contributed by atoms with van der Waals surface area (Å²) in [6.07, 6.45) is 7.01. The molecule has 0 aliphatic rings. The van der Waals surface area contributed by atoms with E-state index in [4.69, 9.17) is 0 Å². The Bertz CT molecular complexity index is 121. The minimum absolute atomic E-state index is 0.306. The third-order valence-corrected chi connectivity index (χ3v) is 2.49. The molecule has 0 aliphatic heterocycles. The van der Waals surface area contributed by atoms with E-state index in [1.807, 2.05) is 0 Å². The van der Waals surface area contributed by atoms with Gasteiger partial charge < -0.3 is 0 Å². The molecule has 0 nitrogen and oxygen atoms in total. The van der Waals surface area contributed by atoms with E-state index in [1.165, 1.54) is 37.7 Å². The van der Waals surface area contributed by atoms with E-state index in [2.05, 4.69) is 48.1 Å². The molecule has 0 saturated carbocycles. The van der Waals surface area contributed by atoms with E-state index >= 15 is 0 Å². The predicted octanol–water partition coefficient (Wildman–Crippen LogP) is 5.59. The van der Waals surface area contributed by atoms with Crippen LogP contribution in [0, 0.1) is 5.41 Å². The summed E-state index contributed by atoms with van der Waals surface area (Å²) in [5.41, 5.74) is 1.55. The van der Waals surface area contributed by atoms with Crippen LogP contribution in [0.25, 0.3) is 0 Å². The van der Waals surface area contributed by atoms with Gasteiger partial charge in [-0.2, -0.15) is 0 Å². The molecule has 0 aliphatic carbocycles. The Labute approximate surface area is 91.8 Å². The zero-order valence-electron chi connectivity index (χ0n) is 11.2. The molecule has 0 rings (SSSR count). The van der Waals surface area contributed by atoms with Crippen LogP contribution in [0.1, 0.15) is 73.6 Å². The molecule has 0 unspecified atom stereocenters. The van der Waals surface area contributed by atoms with E-state index in [0.717, 1.165) is 0 Å². The van der Waals surface area contributed by atoms with Crippen molar-refractivity contribution in [1.82, 2.24) is 0 Å². The van der Waals surface area contributed by atoms with Crippen LogP contribution in [0.2, 0.25) is 0 Å². The van der Waals surface area contributed by atoms with Crippen molar-refractivity contribution in [2.75, 3.05) is 0 Å². The summed E-state index contributed by atoms with van der Waals surface area (Å²) in [4.78, 5) is 0. The first-order valence-electron chi connectivity index (χ1n) is 6.02. The van der Waals surface area contributed by atoms with Gasteiger partial charge in [0.05, 0.1) is 0 Å². The summed E-state index contributed by atoms with van der Waals surface area (Å²) >= 11 is 0. The van der Waals surface area contributed by atoms with Crippen molar-refractivity contribution in [3.8, 4) is 0 Å². The van der Waals surface area contributed by atoms with Crippen LogP contribution in [0.4, 0.5) is 0 Å². The molecule has 0 radical (unpaired) electrons. The maximum Gasteiger partial charge on any atom is -0.0178 e. The number of hydrogen-bond acceptors (Lipinski definition) is 0. The molecule has 0 fully saturated rings. The second-order valence-corrected chi connectivity index (χ2v) is 5.09. The number of allylic oxidation sites excluding steroid dienone is 1. The molecule has 14 heavy (non-hydrogen) atoms. The molecule has 0 atom stereocenters. The zero-order chi connectivity index (χ0) is 11.6. The summed E-state index contributed by atoms with van der Waals surface area (Å²) in [6.45, 7) is 16.9. The summed E-state index contributed by atoms with van der Waals surface area (Å²) in [5, 5.41) is 0. The van der Waals surface area contributed by atoms with Crippen LogP contribution in [-0.4, -0.2) is 0 Å². The van der Waals surface area contributed by atoms with Gasteiger partial charge in [0, 0.05) is 0 Å². The first-order valence-corrected chi connectivity index (χ1v) is 6.02. The van der Waals surface area contributed by atoms with Crippen molar-refractivity contribution in [2.24, 2.45) is 5.41 Å². The maximum absolute atomic E-state index is 3.83. The van der Waals surface area contributed by atoms with Gasteiger partial charge in [-0.05, 0) is 12.3 Å². The fraction of sp³-hybridized carbons (Fsp3) is 0.857. The molecule has 0 N–H and O–H groups in total. The van der Waals surface area contributed by atoms with Crippen LogP contribution in [-0.2, 0) is 0 Å². The smallest absolute Gasteiger partial charge is 0.0178 e. The van der Waals surface area contributed by atoms with E-state index < -0.39 is 0 Å². The largest absolute Gasteiger partial charge is 0.0996 e. The lowest BCUT2D eigenvalue weighted by Crippen LogP contribution is -2.04. The second kappa shape index (κ2) is 9.30. The van der Waals surface area contributed by atoms with Crippen LogP contribution in [0.15, 0.2) is 12.2 Å². The molecule has 0 saturated heterocycles. The monoisotopic (exact) mass is 198 g/mol. The minimum atomic E-state index is 0.306. The standard InChI is InChI=1S/C7H14.C7H16/c1-6(2)7(3,4)5;1-3-5-7-6-4-2/h1H2,2-5H3;3-7H2,1-2H3. The Balaban J connectivity index is 0. The van der Waals surface area contributed by atoms with Crippen molar-refractivity contribution in [3.05, 3.63) is 12.2 Å². The van der Waals surface area contributed by atoms with Crippen LogP contribution in [0.3, 0.4) is 0 Å². The molecule has 0 aromatic carbocycles. The third kappa shape index (κ3) is 14.3. The second-order valence-electron chi connectivity index (χ2n) is 5.09. The topological polar surface area (TPSA) is 0 Å². The Morgan fingerprint density at radius 3 is 1.36 bits per heavy atom. The van der Waals surface area contributed by atoms with Gasteiger partial charge in [-0.15, -0.1) is 0 Å². The summed E-state index contributed by atoms with van der Waals surface area (Å²) in [7, 11) is 0. The molecule has 0 heterocycles. The SMILES string of the molecule is C=C(C)C(C)(C)C.CCCCCCC. The van der Waals surface area contributed by atoms with E-state index in [0.29, 0.717) is 5.41 Å². The lowest BCUT2D eigenvalue weighted by Gasteiger charge is -2.16. The lowest BCUT2D eigenvalue weighted by molar-refractivity contribution is 0.506. The normalized spacial score (nSPS) is 10.4. The molecular weight excluding hydrogens is 168 g/mol. The highest BCUT2D eigenvalue weighted by Crippen LogP contribution is 2.21. The van der Waals surface area contributed by atoms with Crippen molar-refractivity contribution < 1.29 is 0 Å². The molecule has 0 heteroatoms. The molecule has 0 aromatic heterocycles. The van der Waals surface area contributed by atoms with E-state index in [1.54, 1.807) is 0 Å². The number of unbranched alkanes of at least 4 members (excludes halogenated alkanes) is 4. The van der Waals surface area contributed by atoms with E-state index in [-0.39, 0.29) is 0 Å². The highest BCUT2D eigenvalue weighted by molar-refractivity contribution is 4.99. The van der Waals surface area contributed by atoms with Gasteiger partial charge in [-0.1, -0.05) is 78.9 Å². The number of rotatable bonds is 4. The average Bonchev–Trinajstić information content (AvgIpc) is 2.05. The van der Waals surface area contributed by atoms with Gasteiger partial charge in [-0.3, -0.25) is 0 Å². The fourth-order valence-corrected chi connectivity index (χ4v) is 0.677. The highest BCUT2D eigenvalue weighted by Gasteiger charge is 2.08. The van der Waals surface area contributed by atoms with Gasteiger partial charge in [-0.25, -0.2) is 0 Å². The molecule has 0 amide bonds. The quantitative estimate of drug-likeness (QED) is 0.408. The molecule has 0 bridgehead atoms. The van der Waals surface area contributed by atoms with Crippen molar-refractivity contribution in [1.29, 1.82) is 0 Å². The number of hydrogen-bond donors (Lipinski definition) is 0. The van der Waals surface area contributed by atoms with Crippen LogP contribution in [0.5, 0.6) is 0 Å². The fourth-order valence-electron chi connectivity index (χ4n) is 0.677. The summed E-state index contributed by atoms with van der Waals surface area (Å²) < 4.78 is 0. The van der Waals surface area contributed by atoms with Crippen molar-refractivity contribution >= 4 is 0 Å². The minimum Gasteiger partial charge on any atom is -0.0996 e. The van der Waals surface area contributed by atoms with Gasteiger partial charge in [0.2, 0.25) is 0 Å². The lowest BCUT2D eigenvalue weighted by atomic mass is 9.89. The Hall–Kier alpha value is -0.260. The van der Waals surface area contributed by atoms with Crippen LogP contribution >= 0.6 is 0 Å². The van der Waals surface area contributed by atoms with Crippen molar-refractivity contribution in [3.63, 3.8) is 0 Å². The maximum atomic E-state index is 3.83. The molecule has 0 aromatic rings. The van der Waals surface area contributed by atoms with Gasteiger partial charge >= 0.3 is 0 Å². The molecular formula is C14H30. The molecule has 86 valence electrons. The van der Waals surface area contributed by atoms with Gasteiger partial charge in [0.15, 0.2) is 0 Å². The Morgan fingerprint density at radius 2 is 1.21 bits per heavy atom. The highest BCUT2D eigenvalue weighted by atomic mass is 14.1. The first-order chi connectivity index (χ1) is 6.36. The predicted molar refractivity (Wildman–Crippen MR) is 68.7 cm³/mol. The average molecular weight is 198 g/mol. The Kier molecular flexibility index (Phi) is 10.7. The van der Waals surface area contributed by atoms with Gasteiger partial charge in [0.1, 0.15) is 0 Å². The third-order valence-electron chi connectivity index (χ3n) is 2.49. The summed E-state index contributed by atoms with van der Waals surface area (Å²) in [5.74, 6) is 0. The summed E-state index contributed by atoms with van der Waals surface area (Å²) in [6, 6.07) is 0. The molecule has 0 spiro atoms. The van der Waals surface area contributed by atoms with E-state index in [9.17, 15) is 0 Å². The Morgan fingerprint density at radius 1 is 0.929 bits per heavy atom. The first kappa shape index (κ1) is 16.2. The van der Waals surface area contributed by atoms with Crippen LogP contribution < -0.4 is 0 Å². The zero-order valence-corrected chi connectivity index (χ0v) is 11.2.